The van der Waals surface area contributed by atoms with Gasteiger partial charge in [0.25, 0.3) is 0 Å². The van der Waals surface area contributed by atoms with E-state index in [1.54, 1.807) is 0 Å². The average Bonchev–Trinajstić information content (AvgIpc) is 2.44. The summed E-state index contributed by atoms with van der Waals surface area (Å²) < 4.78 is 10.7. The molecule has 1 aliphatic rings. The van der Waals surface area contributed by atoms with Crippen LogP contribution in [0.1, 0.15) is 6.92 Å². The van der Waals surface area contributed by atoms with Crippen molar-refractivity contribution in [1.82, 2.24) is 5.32 Å². The predicted molar refractivity (Wildman–Crippen MR) is 49.2 cm³/mol. The molecule has 0 aromatic heterocycles. The van der Waals surface area contributed by atoms with Gasteiger partial charge in [0.1, 0.15) is 6.10 Å². The highest BCUT2D eigenvalue weighted by atomic mass is 16.6. The number of hydrogen-bond acceptors (Lipinski definition) is 4. The summed E-state index contributed by atoms with van der Waals surface area (Å²) in [6.07, 6.45) is -1.40. The summed E-state index contributed by atoms with van der Waals surface area (Å²) in [6, 6.07) is -0.297. The largest absolute Gasteiger partial charge is 0.465 e. The second-order valence-corrected chi connectivity index (χ2v) is 3.22. The fourth-order valence-electron chi connectivity index (χ4n) is 1.51. The highest BCUT2D eigenvalue weighted by molar-refractivity contribution is 5.65. The van der Waals surface area contributed by atoms with Gasteiger partial charge in [-0.15, -0.1) is 0 Å². The van der Waals surface area contributed by atoms with Crippen LogP contribution >= 0.6 is 0 Å². The van der Waals surface area contributed by atoms with Gasteiger partial charge in [0.2, 0.25) is 0 Å². The third-order valence-corrected chi connectivity index (χ3v) is 2.13. The van der Waals surface area contributed by atoms with E-state index >= 15 is 0 Å². The molecular formula is C8H16N2O4. The topological polar surface area (TPSA) is 93.8 Å². The van der Waals surface area contributed by atoms with Crippen LogP contribution in [0.3, 0.4) is 0 Å². The van der Waals surface area contributed by atoms with Crippen molar-refractivity contribution in [2.75, 3.05) is 19.8 Å². The number of rotatable bonds is 4. The Kier molecular flexibility index (Phi) is 4.12. The molecule has 6 nitrogen and oxygen atoms in total. The summed E-state index contributed by atoms with van der Waals surface area (Å²) >= 11 is 0. The van der Waals surface area contributed by atoms with Crippen molar-refractivity contribution in [2.45, 2.75) is 25.2 Å². The second-order valence-electron chi connectivity index (χ2n) is 3.22. The van der Waals surface area contributed by atoms with Crippen LogP contribution in [0.5, 0.6) is 0 Å². The number of hydrogen-bond donors (Lipinski definition) is 3. The minimum atomic E-state index is -1.06. The lowest BCUT2D eigenvalue weighted by Gasteiger charge is -2.20. The number of carboxylic acid groups (broad SMARTS) is 1. The van der Waals surface area contributed by atoms with E-state index in [0.717, 1.165) is 0 Å². The minimum Gasteiger partial charge on any atom is -0.465 e. The van der Waals surface area contributed by atoms with Crippen molar-refractivity contribution in [2.24, 2.45) is 5.73 Å². The van der Waals surface area contributed by atoms with Crippen molar-refractivity contribution in [1.29, 1.82) is 0 Å². The van der Waals surface area contributed by atoms with Crippen LogP contribution in [0.15, 0.2) is 0 Å². The maximum atomic E-state index is 10.4. The van der Waals surface area contributed by atoms with E-state index < -0.39 is 6.09 Å². The SMILES string of the molecule is CC1OCC(NC(=O)O)[C@H]1OCCN. The summed E-state index contributed by atoms with van der Waals surface area (Å²) in [5, 5.41) is 10.9. The standard InChI is InChI=1S/C8H16N2O4/c1-5-7(13-3-2-9)6(4-14-5)10-8(11)12/h5-7,10H,2-4,9H2,1H3,(H,11,12)/t5?,6?,7-/m0/s1. The first-order chi connectivity index (χ1) is 6.65. The Morgan fingerprint density at radius 1 is 1.79 bits per heavy atom. The molecule has 14 heavy (non-hydrogen) atoms. The normalized spacial score (nSPS) is 31.7. The minimum absolute atomic E-state index is 0.0987. The van der Waals surface area contributed by atoms with Crippen molar-refractivity contribution >= 4 is 6.09 Å². The van der Waals surface area contributed by atoms with Gasteiger partial charge >= 0.3 is 6.09 Å². The molecule has 1 aliphatic heterocycles. The van der Waals surface area contributed by atoms with Crippen LogP contribution < -0.4 is 11.1 Å². The molecule has 1 rings (SSSR count). The molecule has 0 spiro atoms. The number of nitrogens with two attached hydrogens (primary N) is 1. The fourth-order valence-corrected chi connectivity index (χ4v) is 1.51. The average molecular weight is 204 g/mol. The molecule has 1 heterocycles. The molecule has 2 unspecified atom stereocenters. The van der Waals surface area contributed by atoms with Gasteiger partial charge in [0, 0.05) is 6.54 Å². The van der Waals surface area contributed by atoms with Crippen molar-refractivity contribution in [3.05, 3.63) is 0 Å². The Labute approximate surface area is 82.4 Å². The number of ether oxygens (including phenoxy) is 2. The maximum Gasteiger partial charge on any atom is 0.405 e. The van der Waals surface area contributed by atoms with E-state index in [4.69, 9.17) is 20.3 Å². The molecule has 4 N–H and O–H groups in total. The van der Waals surface area contributed by atoms with E-state index in [2.05, 4.69) is 5.32 Å². The molecule has 1 saturated heterocycles. The predicted octanol–water partition coefficient (Wildman–Crippen LogP) is -0.615. The van der Waals surface area contributed by atoms with Gasteiger partial charge in [0.15, 0.2) is 0 Å². The highest BCUT2D eigenvalue weighted by Gasteiger charge is 2.36. The fraction of sp³-hybridized carbons (Fsp3) is 0.875. The van der Waals surface area contributed by atoms with E-state index in [9.17, 15) is 4.79 Å². The first-order valence-electron chi connectivity index (χ1n) is 4.58. The second kappa shape index (κ2) is 5.14. The van der Waals surface area contributed by atoms with Crippen LogP contribution in [0, 0.1) is 0 Å². The highest BCUT2D eigenvalue weighted by Crippen LogP contribution is 2.17. The molecule has 3 atom stereocenters. The van der Waals surface area contributed by atoms with Gasteiger partial charge < -0.3 is 25.6 Å². The van der Waals surface area contributed by atoms with Gasteiger partial charge in [-0.1, -0.05) is 0 Å². The molecule has 0 aliphatic carbocycles. The van der Waals surface area contributed by atoms with Crippen molar-refractivity contribution in [3.63, 3.8) is 0 Å². The lowest BCUT2D eigenvalue weighted by Crippen LogP contribution is -2.45. The Morgan fingerprint density at radius 2 is 2.50 bits per heavy atom. The van der Waals surface area contributed by atoms with E-state index in [0.29, 0.717) is 19.8 Å². The molecular weight excluding hydrogens is 188 g/mol. The van der Waals surface area contributed by atoms with Crippen LogP contribution in [-0.4, -0.2) is 49.2 Å². The molecule has 0 aromatic carbocycles. The van der Waals surface area contributed by atoms with Gasteiger partial charge in [-0.25, -0.2) is 4.79 Å². The summed E-state index contributed by atoms with van der Waals surface area (Å²) in [5.41, 5.74) is 5.30. The molecule has 0 bridgehead atoms. The zero-order chi connectivity index (χ0) is 10.6. The van der Waals surface area contributed by atoms with Crippen LogP contribution in [0.4, 0.5) is 4.79 Å². The Balaban J connectivity index is 2.44. The quantitative estimate of drug-likeness (QED) is 0.567. The van der Waals surface area contributed by atoms with Gasteiger partial charge in [-0.3, -0.25) is 0 Å². The third-order valence-electron chi connectivity index (χ3n) is 2.13. The van der Waals surface area contributed by atoms with Crippen LogP contribution in [0.2, 0.25) is 0 Å². The Bertz CT molecular complexity index is 200. The summed E-state index contributed by atoms with van der Waals surface area (Å²) in [5.74, 6) is 0. The summed E-state index contributed by atoms with van der Waals surface area (Å²) in [4.78, 5) is 10.4. The van der Waals surface area contributed by atoms with E-state index in [-0.39, 0.29) is 18.2 Å². The Hall–Kier alpha value is -0.850. The molecule has 82 valence electrons. The molecule has 1 amide bonds. The first kappa shape index (κ1) is 11.2. The zero-order valence-electron chi connectivity index (χ0n) is 8.10. The van der Waals surface area contributed by atoms with E-state index in [1.807, 2.05) is 6.92 Å². The van der Waals surface area contributed by atoms with Crippen molar-refractivity contribution in [3.8, 4) is 0 Å². The smallest absolute Gasteiger partial charge is 0.405 e. The van der Waals surface area contributed by atoms with Crippen molar-refractivity contribution < 1.29 is 19.4 Å². The third kappa shape index (κ3) is 2.83. The zero-order valence-corrected chi connectivity index (χ0v) is 8.10. The number of carbonyl (C=O) groups is 1. The maximum absolute atomic E-state index is 10.4. The van der Waals surface area contributed by atoms with Gasteiger partial charge in [-0.05, 0) is 6.92 Å². The van der Waals surface area contributed by atoms with Crippen LogP contribution in [-0.2, 0) is 9.47 Å². The summed E-state index contributed by atoms with van der Waals surface area (Å²) in [7, 11) is 0. The molecule has 1 fully saturated rings. The Morgan fingerprint density at radius 3 is 3.07 bits per heavy atom. The molecule has 0 saturated carbocycles. The molecule has 0 radical (unpaired) electrons. The summed E-state index contributed by atoms with van der Waals surface area (Å²) in [6.45, 7) is 3.03. The number of amides is 1. The lowest BCUT2D eigenvalue weighted by molar-refractivity contribution is -0.00200. The molecule has 0 aromatic rings. The van der Waals surface area contributed by atoms with Crippen LogP contribution in [0.25, 0.3) is 0 Å². The number of nitrogens with one attached hydrogen (secondary N) is 1. The van der Waals surface area contributed by atoms with E-state index in [1.165, 1.54) is 0 Å². The first-order valence-corrected chi connectivity index (χ1v) is 4.58. The monoisotopic (exact) mass is 204 g/mol. The van der Waals surface area contributed by atoms with Gasteiger partial charge in [-0.2, -0.15) is 0 Å². The molecule has 6 heteroatoms. The van der Waals surface area contributed by atoms with Gasteiger partial charge in [0.05, 0.1) is 25.4 Å². The lowest BCUT2D eigenvalue weighted by atomic mass is 10.1.